The average molecular weight is 548 g/mol. The van der Waals surface area contributed by atoms with Crippen LogP contribution in [0, 0.1) is 0 Å². The summed E-state index contributed by atoms with van der Waals surface area (Å²) in [5.41, 5.74) is -0.118. The van der Waals surface area contributed by atoms with E-state index in [9.17, 15) is 34.5 Å². The molecule has 1 aromatic carbocycles. The topological polar surface area (TPSA) is 201 Å². The van der Waals surface area contributed by atoms with Gasteiger partial charge in [-0.1, -0.05) is 30.3 Å². The second-order valence-corrected chi connectivity index (χ2v) is 8.96. The highest BCUT2D eigenvalue weighted by Gasteiger charge is 2.43. The van der Waals surface area contributed by atoms with Crippen LogP contribution in [0.5, 0.6) is 0 Å². The van der Waals surface area contributed by atoms with Crippen LogP contribution in [0.2, 0.25) is 0 Å². The van der Waals surface area contributed by atoms with Gasteiger partial charge in [0, 0.05) is 19.7 Å². The van der Waals surface area contributed by atoms with Gasteiger partial charge in [-0.15, -0.1) is 0 Å². The van der Waals surface area contributed by atoms with Crippen molar-refractivity contribution in [2.75, 3.05) is 18.5 Å². The molecule has 39 heavy (non-hydrogen) atoms. The largest absolute Gasteiger partial charge is 0.445 e. The first kappa shape index (κ1) is 29.7. The van der Waals surface area contributed by atoms with E-state index < -0.39 is 54.9 Å². The Morgan fingerprint density at radius 1 is 1.13 bits per heavy atom. The third-order valence-electron chi connectivity index (χ3n) is 5.99. The lowest BCUT2D eigenvalue weighted by molar-refractivity contribution is -0.119. The molecule has 1 fully saturated rings. The van der Waals surface area contributed by atoms with Gasteiger partial charge in [0.15, 0.2) is 6.23 Å². The van der Waals surface area contributed by atoms with E-state index in [-0.39, 0.29) is 24.8 Å². The summed E-state index contributed by atoms with van der Waals surface area (Å²) in [7, 11) is 0. The summed E-state index contributed by atoms with van der Waals surface area (Å²) in [5, 5.41) is 37.0. The summed E-state index contributed by atoms with van der Waals surface area (Å²) >= 11 is 0. The average Bonchev–Trinajstić information content (AvgIpc) is 3.20. The number of hydrogen-bond acceptors (Lipinski definition) is 10. The Labute approximate surface area is 224 Å². The first-order valence-corrected chi connectivity index (χ1v) is 12.4. The molecular weight excluding hydrogens is 514 g/mol. The fourth-order valence-electron chi connectivity index (χ4n) is 3.91. The minimum atomic E-state index is -1.48. The van der Waals surface area contributed by atoms with E-state index in [1.165, 1.54) is 19.2 Å². The molecule has 212 valence electrons. The van der Waals surface area contributed by atoms with Gasteiger partial charge in [-0.25, -0.2) is 9.59 Å². The maximum absolute atomic E-state index is 13.0. The van der Waals surface area contributed by atoms with Crippen molar-refractivity contribution in [3.63, 3.8) is 0 Å². The Hall–Kier alpha value is -3.85. The van der Waals surface area contributed by atoms with E-state index in [2.05, 4.69) is 20.9 Å². The summed E-state index contributed by atoms with van der Waals surface area (Å²) < 4.78 is 11.5. The molecule has 3 unspecified atom stereocenters. The molecule has 1 aromatic heterocycles. The van der Waals surface area contributed by atoms with Crippen molar-refractivity contribution in [2.45, 2.75) is 63.4 Å². The monoisotopic (exact) mass is 547 g/mol. The molecule has 1 saturated heterocycles. The van der Waals surface area contributed by atoms with Crippen LogP contribution in [-0.2, 0) is 25.7 Å². The van der Waals surface area contributed by atoms with Gasteiger partial charge in [-0.05, 0) is 30.9 Å². The van der Waals surface area contributed by atoms with Crippen molar-refractivity contribution in [3.05, 3.63) is 58.6 Å². The summed E-state index contributed by atoms with van der Waals surface area (Å²) in [5.74, 6) is -0.941. The Kier molecular flexibility index (Phi) is 10.9. The van der Waals surface area contributed by atoms with Crippen LogP contribution >= 0.6 is 0 Å². The highest BCUT2D eigenvalue weighted by Crippen LogP contribution is 2.28. The van der Waals surface area contributed by atoms with Crippen molar-refractivity contribution in [3.8, 4) is 0 Å². The number of ether oxygens (including phenoxy) is 2. The molecule has 6 N–H and O–H groups in total. The summed E-state index contributed by atoms with van der Waals surface area (Å²) in [6.45, 7) is 1.25. The number of unbranched alkanes of at least 4 members (excludes halogenated alkanes) is 1. The molecular formula is C25H33N5O9. The molecule has 2 aromatic rings. The van der Waals surface area contributed by atoms with Gasteiger partial charge in [0.2, 0.25) is 11.8 Å². The highest BCUT2D eigenvalue weighted by atomic mass is 16.6. The third kappa shape index (κ3) is 8.58. The number of carbonyl (C=O) groups excluding carboxylic acids is 3. The third-order valence-corrected chi connectivity index (χ3v) is 5.99. The number of anilines is 1. The van der Waals surface area contributed by atoms with Crippen molar-refractivity contribution in [1.29, 1.82) is 0 Å². The Bertz CT molecular complexity index is 1180. The van der Waals surface area contributed by atoms with Crippen LogP contribution in [0.25, 0.3) is 0 Å². The lowest BCUT2D eigenvalue weighted by Gasteiger charge is -2.19. The molecule has 2 heterocycles. The van der Waals surface area contributed by atoms with Crippen molar-refractivity contribution < 1.29 is 39.2 Å². The predicted octanol–water partition coefficient (Wildman–Crippen LogP) is -0.605. The zero-order chi connectivity index (χ0) is 28.4. The first-order valence-electron chi connectivity index (χ1n) is 12.4. The maximum Gasteiger partial charge on any atom is 0.408 e. The molecule has 0 radical (unpaired) electrons. The number of aromatic nitrogens is 2. The molecule has 14 heteroatoms. The molecule has 0 aliphatic carbocycles. The normalized spacial score (nSPS) is 21.1. The van der Waals surface area contributed by atoms with Crippen LogP contribution in [0.3, 0.4) is 0 Å². The lowest BCUT2D eigenvalue weighted by atomic mass is 10.1. The molecule has 14 nitrogen and oxygen atoms in total. The number of nitrogens with zero attached hydrogens (tertiary/aromatic N) is 2. The van der Waals surface area contributed by atoms with E-state index in [0.717, 1.165) is 10.1 Å². The molecule has 3 amide bonds. The quantitative estimate of drug-likeness (QED) is 0.186. The fraction of sp³-hybridized carbons (Fsp3) is 0.480. The first-order chi connectivity index (χ1) is 18.7. The second kappa shape index (κ2) is 14.3. The zero-order valence-electron chi connectivity index (χ0n) is 21.4. The molecule has 3 rings (SSSR count). The number of alkyl carbamates (subject to hydrolysis) is 1. The van der Waals surface area contributed by atoms with Gasteiger partial charge in [-0.3, -0.25) is 14.2 Å². The van der Waals surface area contributed by atoms with E-state index in [4.69, 9.17) is 9.47 Å². The van der Waals surface area contributed by atoms with Crippen LogP contribution in [0.1, 0.15) is 38.0 Å². The van der Waals surface area contributed by atoms with Crippen LogP contribution in [-0.4, -0.2) is 80.3 Å². The summed E-state index contributed by atoms with van der Waals surface area (Å²) in [6.07, 6.45) is -3.56. The van der Waals surface area contributed by atoms with Crippen LogP contribution < -0.4 is 21.6 Å². The maximum atomic E-state index is 13.0. The highest BCUT2D eigenvalue weighted by molar-refractivity contribution is 5.95. The number of carbonyl (C=O) groups is 3. The molecule has 0 saturated carbocycles. The van der Waals surface area contributed by atoms with E-state index >= 15 is 0 Å². The van der Waals surface area contributed by atoms with Crippen molar-refractivity contribution in [2.24, 2.45) is 0 Å². The van der Waals surface area contributed by atoms with E-state index in [0.29, 0.717) is 19.4 Å². The standard InChI is InChI=1S/C25H33N5O9/c1-15(32)26-11-6-5-9-17(27-25(37)38-14-16-7-3-2-4-8-16)22(35)28-19-10-12-30(24(36)29-19)23-21(34)20(33)18(13-31)39-23/h2-4,7-8,10,12,17-18,20-21,23,31,33-34H,5-6,9,11,13-14H2,1H3,(H,26,32)(H,27,37)(H,28,29,35,36)/t17?,18-,20?,21?,23-/m1/s1. The number of hydrogen-bond donors (Lipinski definition) is 6. The van der Waals surface area contributed by atoms with Gasteiger partial charge in [0.1, 0.15) is 36.8 Å². The van der Waals surface area contributed by atoms with Gasteiger partial charge in [0.25, 0.3) is 0 Å². The Morgan fingerprint density at radius 2 is 1.87 bits per heavy atom. The Balaban J connectivity index is 1.64. The Morgan fingerprint density at radius 3 is 2.51 bits per heavy atom. The minimum absolute atomic E-state index is 0.00422. The van der Waals surface area contributed by atoms with Crippen molar-refractivity contribution in [1.82, 2.24) is 20.2 Å². The second-order valence-electron chi connectivity index (χ2n) is 8.96. The number of rotatable bonds is 12. The van der Waals surface area contributed by atoms with Gasteiger partial charge in [0.05, 0.1) is 6.61 Å². The number of benzene rings is 1. The number of aliphatic hydroxyl groups excluding tert-OH is 3. The minimum Gasteiger partial charge on any atom is -0.445 e. The fourth-order valence-corrected chi connectivity index (χ4v) is 3.91. The van der Waals surface area contributed by atoms with E-state index in [1.807, 2.05) is 6.07 Å². The summed E-state index contributed by atoms with van der Waals surface area (Å²) in [6, 6.07) is 9.26. The van der Waals surface area contributed by atoms with Gasteiger partial charge >= 0.3 is 11.8 Å². The van der Waals surface area contributed by atoms with Crippen LogP contribution in [0.4, 0.5) is 10.6 Å². The van der Waals surface area contributed by atoms with E-state index in [1.54, 1.807) is 24.3 Å². The number of aliphatic hydroxyl groups is 3. The number of nitrogens with one attached hydrogen (secondary N) is 3. The van der Waals surface area contributed by atoms with Gasteiger partial charge < -0.3 is 40.7 Å². The molecule has 1 aliphatic rings. The van der Waals surface area contributed by atoms with Crippen LogP contribution in [0.15, 0.2) is 47.4 Å². The SMILES string of the molecule is CC(=O)NCCCCC(NC(=O)OCc1ccccc1)C(=O)Nc1ccn([C@@H]2O[C@H](CO)C(O)C2O)c(=O)n1. The molecule has 0 spiro atoms. The number of amides is 3. The summed E-state index contributed by atoms with van der Waals surface area (Å²) in [4.78, 5) is 52.8. The molecule has 5 atom stereocenters. The zero-order valence-corrected chi connectivity index (χ0v) is 21.4. The van der Waals surface area contributed by atoms with Crippen molar-refractivity contribution >= 4 is 23.7 Å². The lowest BCUT2D eigenvalue weighted by Crippen LogP contribution is -2.44. The molecule has 1 aliphatic heterocycles. The smallest absolute Gasteiger partial charge is 0.408 e. The molecule has 0 bridgehead atoms. The predicted molar refractivity (Wildman–Crippen MR) is 136 cm³/mol. The van der Waals surface area contributed by atoms with Gasteiger partial charge in [-0.2, -0.15) is 4.98 Å².